The van der Waals surface area contributed by atoms with Crippen molar-refractivity contribution in [2.45, 2.75) is 18.0 Å². The lowest BCUT2D eigenvalue weighted by atomic mass is 10.2. The van der Waals surface area contributed by atoms with Crippen LogP contribution in [0.2, 0.25) is 5.02 Å². The molecule has 2 heterocycles. The van der Waals surface area contributed by atoms with Gasteiger partial charge >= 0.3 is 0 Å². The maximum Gasteiger partial charge on any atom is 0.296 e. The van der Waals surface area contributed by atoms with Crippen LogP contribution in [0.1, 0.15) is 12.8 Å². The number of amides is 1. The van der Waals surface area contributed by atoms with Gasteiger partial charge in [-0.25, -0.2) is 0 Å². The zero-order valence-electron chi connectivity index (χ0n) is 17.7. The summed E-state index contributed by atoms with van der Waals surface area (Å²) in [7, 11) is 1.42. The first kappa shape index (κ1) is 22.9. The highest BCUT2D eigenvalue weighted by atomic mass is 35.5. The Bertz CT molecular complexity index is 1180. The number of carbonyl (C=O) groups excluding carboxylic acids is 1. The number of nitro groups is 1. The van der Waals surface area contributed by atoms with Crippen LogP contribution >= 0.6 is 23.4 Å². The zero-order chi connectivity index (χ0) is 23.4. The van der Waals surface area contributed by atoms with Gasteiger partial charge < -0.3 is 15.0 Å². The number of benzene rings is 2. The minimum absolute atomic E-state index is 0.0120. The summed E-state index contributed by atoms with van der Waals surface area (Å²) in [6.45, 7) is 1.76. The zero-order valence-corrected chi connectivity index (χ0v) is 19.3. The molecule has 0 atom stereocenters. The van der Waals surface area contributed by atoms with Gasteiger partial charge in [0.05, 0.1) is 29.5 Å². The Morgan fingerprint density at radius 2 is 2.03 bits per heavy atom. The molecule has 10 nitrogen and oxygen atoms in total. The number of rotatable bonds is 8. The quantitative estimate of drug-likeness (QED) is 0.285. The van der Waals surface area contributed by atoms with Crippen LogP contribution in [-0.4, -0.2) is 51.5 Å². The lowest BCUT2D eigenvalue weighted by molar-refractivity contribution is -0.384. The first-order chi connectivity index (χ1) is 16.0. The van der Waals surface area contributed by atoms with Crippen LogP contribution in [0.4, 0.5) is 17.3 Å². The maximum absolute atomic E-state index is 12.6. The third-order valence-electron chi connectivity index (χ3n) is 5.08. The van der Waals surface area contributed by atoms with Crippen molar-refractivity contribution in [3.05, 3.63) is 57.6 Å². The van der Waals surface area contributed by atoms with E-state index in [1.54, 1.807) is 12.1 Å². The Morgan fingerprint density at radius 1 is 1.24 bits per heavy atom. The van der Waals surface area contributed by atoms with Gasteiger partial charge in [0.25, 0.3) is 5.69 Å². The van der Waals surface area contributed by atoms with Crippen molar-refractivity contribution in [2.24, 2.45) is 0 Å². The fourth-order valence-electron chi connectivity index (χ4n) is 3.53. The van der Waals surface area contributed by atoms with Crippen molar-refractivity contribution in [3.63, 3.8) is 0 Å². The molecule has 1 aromatic heterocycles. The summed E-state index contributed by atoms with van der Waals surface area (Å²) in [5, 5.41) is 23.7. The van der Waals surface area contributed by atoms with E-state index in [1.165, 1.54) is 31.0 Å². The van der Waals surface area contributed by atoms with E-state index in [-0.39, 0.29) is 17.1 Å². The molecule has 33 heavy (non-hydrogen) atoms. The van der Waals surface area contributed by atoms with Crippen LogP contribution in [0.25, 0.3) is 5.69 Å². The van der Waals surface area contributed by atoms with Crippen molar-refractivity contribution in [1.82, 2.24) is 14.8 Å². The molecule has 1 saturated heterocycles. The second-order valence-corrected chi connectivity index (χ2v) is 8.65. The van der Waals surface area contributed by atoms with Crippen molar-refractivity contribution >= 4 is 46.6 Å². The van der Waals surface area contributed by atoms with Gasteiger partial charge in [-0.3, -0.25) is 19.5 Å². The number of hydrogen-bond donors (Lipinski definition) is 1. The number of aromatic nitrogens is 3. The van der Waals surface area contributed by atoms with E-state index in [4.69, 9.17) is 16.3 Å². The van der Waals surface area contributed by atoms with E-state index in [0.717, 1.165) is 31.6 Å². The van der Waals surface area contributed by atoms with Crippen molar-refractivity contribution in [2.75, 3.05) is 36.2 Å². The fourth-order valence-corrected chi connectivity index (χ4v) is 4.46. The number of ether oxygens (including phenoxy) is 1. The lowest BCUT2D eigenvalue weighted by Crippen LogP contribution is -2.22. The molecule has 1 fully saturated rings. The molecular formula is C21H21ClN6O4S. The van der Waals surface area contributed by atoms with E-state index in [1.807, 2.05) is 22.8 Å². The first-order valence-corrected chi connectivity index (χ1v) is 11.5. The predicted octanol–water partition coefficient (Wildman–Crippen LogP) is 4.17. The summed E-state index contributed by atoms with van der Waals surface area (Å²) in [6.07, 6.45) is 2.15. The van der Waals surface area contributed by atoms with Crippen molar-refractivity contribution in [3.8, 4) is 11.4 Å². The van der Waals surface area contributed by atoms with Crippen molar-refractivity contribution < 1.29 is 14.5 Å². The largest absolute Gasteiger partial charge is 0.496 e. The Labute approximate surface area is 199 Å². The molecule has 0 unspecified atom stereocenters. The van der Waals surface area contributed by atoms with Gasteiger partial charge in [0.1, 0.15) is 11.4 Å². The number of methoxy groups -OCH3 is 1. The summed E-state index contributed by atoms with van der Waals surface area (Å²) in [4.78, 5) is 25.6. The normalized spacial score (nSPS) is 13.2. The lowest BCUT2D eigenvalue weighted by Gasteiger charge is -2.18. The van der Waals surface area contributed by atoms with Gasteiger partial charge in [0, 0.05) is 18.1 Å². The number of nitro benzene ring substituents is 1. The third kappa shape index (κ3) is 5.20. The summed E-state index contributed by atoms with van der Waals surface area (Å²) in [5.41, 5.74) is 0.648. The molecule has 1 aliphatic heterocycles. The van der Waals surface area contributed by atoms with Crippen LogP contribution < -0.4 is 15.0 Å². The highest BCUT2D eigenvalue weighted by Gasteiger charge is 2.23. The van der Waals surface area contributed by atoms with Gasteiger partial charge in [-0.2, -0.15) is 0 Å². The number of thioether (sulfide) groups is 1. The van der Waals surface area contributed by atoms with Gasteiger partial charge in [-0.05, 0) is 43.2 Å². The van der Waals surface area contributed by atoms with Crippen LogP contribution in [0.15, 0.2) is 47.6 Å². The molecule has 0 radical (unpaired) electrons. The number of hydrogen-bond acceptors (Lipinski definition) is 8. The van der Waals surface area contributed by atoms with Crippen LogP contribution in [0.5, 0.6) is 5.75 Å². The molecule has 1 N–H and O–H groups in total. The second kappa shape index (κ2) is 10.1. The molecule has 2 aromatic carbocycles. The van der Waals surface area contributed by atoms with E-state index < -0.39 is 10.8 Å². The number of halogens is 1. The molecule has 0 bridgehead atoms. The number of nitrogens with zero attached hydrogens (tertiary/aromatic N) is 5. The third-order valence-corrected chi connectivity index (χ3v) is 6.24. The van der Waals surface area contributed by atoms with E-state index in [2.05, 4.69) is 20.4 Å². The summed E-state index contributed by atoms with van der Waals surface area (Å²) < 4.78 is 6.91. The van der Waals surface area contributed by atoms with Gasteiger partial charge in [0.15, 0.2) is 5.16 Å². The van der Waals surface area contributed by atoms with Gasteiger partial charge in [-0.15, -0.1) is 10.2 Å². The molecule has 0 aliphatic carbocycles. The molecule has 3 aromatic rings. The Kier molecular flexibility index (Phi) is 6.99. The molecule has 12 heteroatoms. The van der Waals surface area contributed by atoms with Crippen molar-refractivity contribution in [1.29, 1.82) is 0 Å². The Balaban J connectivity index is 1.54. The average molecular weight is 489 g/mol. The Hall–Kier alpha value is -3.31. The van der Waals surface area contributed by atoms with Crippen LogP contribution in [0, 0.1) is 10.1 Å². The molecule has 0 spiro atoms. The van der Waals surface area contributed by atoms with Crippen LogP contribution in [-0.2, 0) is 4.79 Å². The molecule has 172 valence electrons. The fraction of sp³-hybridized carbons (Fsp3) is 0.286. The summed E-state index contributed by atoms with van der Waals surface area (Å²) in [6, 6.07) is 11.6. The minimum Gasteiger partial charge on any atom is -0.496 e. The highest BCUT2D eigenvalue weighted by Crippen LogP contribution is 2.31. The number of carbonyl (C=O) groups is 1. The smallest absolute Gasteiger partial charge is 0.296 e. The monoisotopic (exact) mass is 488 g/mol. The first-order valence-electron chi connectivity index (χ1n) is 10.2. The summed E-state index contributed by atoms with van der Waals surface area (Å²) in [5.74, 6) is 0.611. The molecule has 0 saturated carbocycles. The number of anilines is 2. The van der Waals surface area contributed by atoms with E-state index in [9.17, 15) is 14.9 Å². The molecular weight excluding hydrogens is 468 g/mol. The number of nitrogens with one attached hydrogen (secondary N) is 1. The predicted molar refractivity (Wildman–Crippen MR) is 127 cm³/mol. The van der Waals surface area contributed by atoms with Gasteiger partial charge in [0.2, 0.25) is 11.9 Å². The second-order valence-electron chi connectivity index (χ2n) is 7.27. The topological polar surface area (TPSA) is 115 Å². The van der Waals surface area contributed by atoms with E-state index >= 15 is 0 Å². The average Bonchev–Trinajstić information content (AvgIpc) is 3.47. The maximum atomic E-state index is 12.6. The molecule has 1 aliphatic rings. The minimum atomic E-state index is -0.566. The summed E-state index contributed by atoms with van der Waals surface area (Å²) >= 11 is 7.39. The molecule has 4 rings (SSSR count). The SMILES string of the molecule is COc1ccc(NC(=O)CSc2nnc(N3CCCC3)n2-c2cccc(Cl)c2)c([N+](=O)[O-])c1. The van der Waals surface area contributed by atoms with Crippen LogP contribution in [0.3, 0.4) is 0 Å². The van der Waals surface area contributed by atoms with Gasteiger partial charge in [-0.1, -0.05) is 29.4 Å². The standard InChI is InChI=1S/C21H21ClN6O4S/c1-32-16-7-8-17(18(12-16)28(30)31)23-19(29)13-33-21-25-24-20(26-9-2-3-10-26)27(21)15-6-4-5-14(22)11-15/h4-8,11-12H,2-3,9-10,13H2,1H3,(H,23,29). The van der Waals surface area contributed by atoms with E-state index in [0.29, 0.717) is 21.9 Å². The Morgan fingerprint density at radius 3 is 2.73 bits per heavy atom. The highest BCUT2D eigenvalue weighted by molar-refractivity contribution is 7.99. The molecule has 1 amide bonds.